The summed E-state index contributed by atoms with van der Waals surface area (Å²) in [5.74, 6) is -0.177. The van der Waals surface area contributed by atoms with Crippen LogP contribution in [0.5, 0.6) is 0 Å². The molecule has 78 valence electrons. The Hall–Kier alpha value is -0.740. The molecule has 0 radical (unpaired) electrons. The third-order valence-electron chi connectivity index (χ3n) is 2.92. The molecule has 2 heterocycles. The molecular formula is C10H14O4. The molecule has 0 spiro atoms. The maximum atomic E-state index is 11.7. The van der Waals surface area contributed by atoms with Crippen molar-refractivity contribution >= 4 is 11.6 Å². The van der Waals surface area contributed by atoms with Crippen LogP contribution in [0, 0.1) is 0 Å². The molecule has 2 atom stereocenters. The molecule has 0 amide bonds. The summed E-state index contributed by atoms with van der Waals surface area (Å²) >= 11 is 0. The van der Waals surface area contributed by atoms with Crippen LogP contribution < -0.4 is 0 Å². The molecule has 2 bridgehead atoms. The first-order chi connectivity index (χ1) is 6.68. The minimum absolute atomic E-state index is 0.0255. The summed E-state index contributed by atoms with van der Waals surface area (Å²) in [4.78, 5) is 23.0. The van der Waals surface area contributed by atoms with Crippen LogP contribution in [-0.2, 0) is 19.1 Å². The minimum atomic E-state index is -0.797. The van der Waals surface area contributed by atoms with E-state index in [1.165, 1.54) is 0 Å². The highest BCUT2D eigenvalue weighted by Gasteiger charge is 2.53. The summed E-state index contributed by atoms with van der Waals surface area (Å²) in [6, 6.07) is 0. The third kappa shape index (κ3) is 1.38. The Labute approximate surface area is 82.6 Å². The van der Waals surface area contributed by atoms with Gasteiger partial charge in [-0.15, -0.1) is 0 Å². The van der Waals surface area contributed by atoms with Gasteiger partial charge >= 0.3 is 0 Å². The Kier molecular flexibility index (Phi) is 2.41. The molecule has 2 aliphatic rings. The molecule has 0 unspecified atom stereocenters. The number of fused-ring (bicyclic) bond motifs is 2. The zero-order chi connectivity index (χ0) is 10.2. The van der Waals surface area contributed by atoms with Gasteiger partial charge in [0.25, 0.3) is 0 Å². The molecule has 0 N–H and O–H groups in total. The van der Waals surface area contributed by atoms with Gasteiger partial charge in [0.2, 0.25) is 0 Å². The van der Waals surface area contributed by atoms with Gasteiger partial charge in [0.15, 0.2) is 17.2 Å². The zero-order valence-corrected chi connectivity index (χ0v) is 8.25. The monoisotopic (exact) mass is 198 g/mol. The fourth-order valence-electron chi connectivity index (χ4n) is 2.07. The number of rotatable bonds is 3. The molecule has 4 nitrogen and oxygen atoms in total. The van der Waals surface area contributed by atoms with Crippen molar-refractivity contribution in [2.24, 2.45) is 0 Å². The van der Waals surface area contributed by atoms with Gasteiger partial charge in [0.05, 0.1) is 13.0 Å². The van der Waals surface area contributed by atoms with Crippen molar-refractivity contribution in [1.29, 1.82) is 0 Å². The molecule has 14 heavy (non-hydrogen) atoms. The van der Waals surface area contributed by atoms with Crippen molar-refractivity contribution in [1.82, 2.24) is 0 Å². The predicted molar refractivity (Wildman–Crippen MR) is 48.0 cm³/mol. The molecule has 2 saturated heterocycles. The first-order valence-electron chi connectivity index (χ1n) is 4.99. The van der Waals surface area contributed by atoms with E-state index in [1.54, 1.807) is 0 Å². The first-order valence-corrected chi connectivity index (χ1v) is 4.99. The van der Waals surface area contributed by atoms with Crippen LogP contribution in [0.15, 0.2) is 0 Å². The van der Waals surface area contributed by atoms with Gasteiger partial charge in [0, 0.05) is 6.61 Å². The van der Waals surface area contributed by atoms with Crippen LogP contribution in [0.4, 0.5) is 0 Å². The minimum Gasteiger partial charge on any atom is -0.378 e. The highest BCUT2D eigenvalue weighted by Crippen LogP contribution is 2.37. The van der Waals surface area contributed by atoms with Gasteiger partial charge in [0.1, 0.15) is 6.10 Å². The van der Waals surface area contributed by atoms with Crippen LogP contribution in [0.3, 0.4) is 0 Å². The normalized spacial score (nSPS) is 36.5. The van der Waals surface area contributed by atoms with Gasteiger partial charge < -0.3 is 9.47 Å². The van der Waals surface area contributed by atoms with E-state index < -0.39 is 5.60 Å². The van der Waals surface area contributed by atoms with Crippen molar-refractivity contribution in [2.45, 2.75) is 37.9 Å². The number of Topliss-reactive ketones (excluding diaryl/α,β-unsaturated/α-hetero) is 2. The lowest BCUT2D eigenvalue weighted by Gasteiger charge is -2.30. The molecule has 0 aromatic heterocycles. The maximum Gasteiger partial charge on any atom is 0.174 e. The second-order valence-corrected chi connectivity index (χ2v) is 3.84. The molecule has 0 saturated carbocycles. The lowest BCUT2D eigenvalue weighted by Crippen LogP contribution is -2.49. The molecule has 2 fully saturated rings. The second-order valence-electron chi connectivity index (χ2n) is 3.84. The van der Waals surface area contributed by atoms with Crippen molar-refractivity contribution in [3.05, 3.63) is 0 Å². The van der Waals surface area contributed by atoms with E-state index in [1.807, 2.05) is 6.92 Å². The molecule has 2 aliphatic heterocycles. The molecule has 0 aromatic rings. The summed E-state index contributed by atoms with van der Waals surface area (Å²) in [5, 5.41) is 0. The van der Waals surface area contributed by atoms with Gasteiger partial charge in [-0.1, -0.05) is 0 Å². The maximum absolute atomic E-state index is 11.7. The van der Waals surface area contributed by atoms with Crippen LogP contribution in [-0.4, -0.2) is 36.5 Å². The Balaban J connectivity index is 2.12. The fourth-order valence-corrected chi connectivity index (χ4v) is 2.07. The van der Waals surface area contributed by atoms with Crippen LogP contribution in [0.2, 0.25) is 0 Å². The number of carbonyl (C=O) groups is 2. The predicted octanol–water partition coefficient (Wildman–Crippen LogP) is 0.483. The van der Waals surface area contributed by atoms with E-state index >= 15 is 0 Å². The number of carbonyl (C=O) groups excluding carboxylic acids is 2. The lowest BCUT2D eigenvalue weighted by atomic mass is 9.94. The van der Waals surface area contributed by atoms with Crippen LogP contribution in [0.25, 0.3) is 0 Å². The number of ketones is 2. The van der Waals surface area contributed by atoms with E-state index in [-0.39, 0.29) is 24.1 Å². The van der Waals surface area contributed by atoms with Gasteiger partial charge in [-0.25, -0.2) is 0 Å². The van der Waals surface area contributed by atoms with E-state index in [4.69, 9.17) is 9.47 Å². The van der Waals surface area contributed by atoms with Gasteiger partial charge in [-0.2, -0.15) is 0 Å². The topological polar surface area (TPSA) is 52.6 Å². The lowest BCUT2D eigenvalue weighted by molar-refractivity contribution is -0.167. The summed E-state index contributed by atoms with van der Waals surface area (Å²) in [7, 11) is 0. The highest BCUT2D eigenvalue weighted by atomic mass is 16.6. The summed E-state index contributed by atoms with van der Waals surface area (Å²) in [5.41, 5.74) is -0.797. The summed E-state index contributed by atoms with van der Waals surface area (Å²) < 4.78 is 10.7. The Bertz CT molecular complexity index is 273. The van der Waals surface area contributed by atoms with Crippen molar-refractivity contribution in [2.75, 3.05) is 13.2 Å². The van der Waals surface area contributed by atoms with Crippen molar-refractivity contribution in [3.63, 3.8) is 0 Å². The Morgan fingerprint density at radius 2 is 2.36 bits per heavy atom. The number of hydrogen-bond donors (Lipinski definition) is 0. The number of hydrogen-bond acceptors (Lipinski definition) is 4. The van der Waals surface area contributed by atoms with E-state index in [2.05, 4.69) is 0 Å². The molecule has 0 aliphatic carbocycles. The average molecular weight is 198 g/mol. The smallest absolute Gasteiger partial charge is 0.174 e. The van der Waals surface area contributed by atoms with E-state index in [0.717, 1.165) is 0 Å². The Morgan fingerprint density at radius 3 is 3.07 bits per heavy atom. The van der Waals surface area contributed by atoms with Crippen molar-refractivity contribution in [3.8, 4) is 0 Å². The SMILES string of the molecule is CCOC[C@]12CC[C@H](O1)C(=O)CC2=O. The zero-order valence-electron chi connectivity index (χ0n) is 8.25. The molecule has 4 heteroatoms. The van der Waals surface area contributed by atoms with E-state index in [9.17, 15) is 9.59 Å². The van der Waals surface area contributed by atoms with Gasteiger partial charge in [-0.05, 0) is 19.8 Å². The third-order valence-corrected chi connectivity index (χ3v) is 2.92. The van der Waals surface area contributed by atoms with Crippen LogP contribution >= 0.6 is 0 Å². The molecule has 2 rings (SSSR count). The fraction of sp³-hybridized carbons (Fsp3) is 0.800. The largest absolute Gasteiger partial charge is 0.378 e. The molecular weight excluding hydrogens is 184 g/mol. The Morgan fingerprint density at radius 1 is 1.57 bits per heavy atom. The van der Waals surface area contributed by atoms with Crippen LogP contribution in [0.1, 0.15) is 26.2 Å². The second kappa shape index (κ2) is 3.44. The number of ether oxygens (including phenoxy) is 2. The highest BCUT2D eigenvalue weighted by molar-refractivity contribution is 6.07. The first kappa shape index (κ1) is 9.80. The summed E-state index contributed by atoms with van der Waals surface area (Å²) in [6.07, 6.45) is 0.964. The standard InChI is InChI=1S/C10H14O4/c1-2-13-6-10-4-3-8(14-10)7(11)5-9(10)12/h8H,2-6H2,1H3/t8-,10-/m0/s1. The van der Waals surface area contributed by atoms with Gasteiger partial charge in [-0.3, -0.25) is 9.59 Å². The quantitative estimate of drug-likeness (QED) is 0.619. The average Bonchev–Trinajstić information content (AvgIpc) is 2.55. The summed E-state index contributed by atoms with van der Waals surface area (Å²) in [6.45, 7) is 2.74. The van der Waals surface area contributed by atoms with Crippen molar-refractivity contribution < 1.29 is 19.1 Å². The molecule has 0 aromatic carbocycles. The van der Waals surface area contributed by atoms with E-state index in [0.29, 0.717) is 26.1 Å².